The van der Waals surface area contributed by atoms with Crippen molar-refractivity contribution in [2.75, 3.05) is 6.54 Å². The van der Waals surface area contributed by atoms with Gasteiger partial charge in [0.15, 0.2) is 0 Å². The van der Waals surface area contributed by atoms with Crippen molar-refractivity contribution in [3.63, 3.8) is 0 Å². The van der Waals surface area contributed by atoms with Crippen LogP contribution in [0.5, 0.6) is 0 Å². The molecule has 3 fully saturated rings. The van der Waals surface area contributed by atoms with Crippen molar-refractivity contribution in [2.45, 2.75) is 64.3 Å². The molecule has 3 nitrogen and oxygen atoms in total. The quantitative estimate of drug-likeness (QED) is 0.842. The van der Waals surface area contributed by atoms with E-state index in [2.05, 4.69) is 12.2 Å². The van der Waals surface area contributed by atoms with Crippen LogP contribution in [0.15, 0.2) is 0 Å². The van der Waals surface area contributed by atoms with Crippen LogP contribution >= 0.6 is 12.4 Å². The molecule has 1 amide bonds. The van der Waals surface area contributed by atoms with Gasteiger partial charge >= 0.3 is 0 Å². The lowest BCUT2D eigenvalue weighted by Gasteiger charge is -2.44. The van der Waals surface area contributed by atoms with Crippen LogP contribution in [0, 0.1) is 23.2 Å². The normalized spacial score (nSPS) is 38.3. The Labute approximate surface area is 128 Å². The highest BCUT2D eigenvalue weighted by molar-refractivity contribution is 5.85. The van der Waals surface area contributed by atoms with Gasteiger partial charge in [-0.25, -0.2) is 0 Å². The SMILES string of the molecule is CC1(CNC(=O)C2CC3CCCC(C2)C3N)CCC1.Cl. The van der Waals surface area contributed by atoms with E-state index in [-0.39, 0.29) is 18.3 Å². The summed E-state index contributed by atoms with van der Waals surface area (Å²) in [6, 6.07) is 0.363. The maximum absolute atomic E-state index is 12.4. The number of nitrogens with two attached hydrogens (primary N) is 1. The van der Waals surface area contributed by atoms with E-state index in [9.17, 15) is 4.79 Å². The summed E-state index contributed by atoms with van der Waals surface area (Å²) in [5.74, 6) is 1.74. The van der Waals surface area contributed by atoms with Crippen LogP contribution in [-0.2, 0) is 4.79 Å². The van der Waals surface area contributed by atoms with E-state index in [1.54, 1.807) is 0 Å². The molecule has 20 heavy (non-hydrogen) atoms. The van der Waals surface area contributed by atoms with Crippen molar-refractivity contribution < 1.29 is 4.79 Å². The van der Waals surface area contributed by atoms with Gasteiger partial charge in [-0.3, -0.25) is 4.79 Å². The zero-order valence-corrected chi connectivity index (χ0v) is 13.4. The van der Waals surface area contributed by atoms with Gasteiger partial charge in [-0.05, 0) is 55.8 Å². The summed E-state index contributed by atoms with van der Waals surface area (Å²) in [4.78, 5) is 12.4. The van der Waals surface area contributed by atoms with Gasteiger partial charge in [-0.15, -0.1) is 12.4 Å². The second-order valence-electron chi connectivity index (χ2n) is 7.58. The predicted molar refractivity (Wildman–Crippen MR) is 83.7 cm³/mol. The van der Waals surface area contributed by atoms with E-state index in [1.165, 1.54) is 38.5 Å². The average Bonchev–Trinajstić information content (AvgIpc) is 2.33. The Hall–Kier alpha value is -0.280. The number of fused-ring (bicyclic) bond motifs is 2. The zero-order valence-electron chi connectivity index (χ0n) is 12.6. The molecule has 0 heterocycles. The van der Waals surface area contributed by atoms with E-state index in [1.807, 2.05) is 0 Å². The van der Waals surface area contributed by atoms with Gasteiger partial charge in [-0.2, -0.15) is 0 Å². The van der Waals surface area contributed by atoms with Crippen LogP contribution < -0.4 is 11.1 Å². The third-order valence-corrected chi connectivity index (χ3v) is 6.03. The Balaban J connectivity index is 0.00000147. The highest BCUT2D eigenvalue weighted by Gasteiger charge is 2.41. The minimum atomic E-state index is 0. The van der Waals surface area contributed by atoms with Gasteiger partial charge in [0.05, 0.1) is 0 Å². The standard InChI is InChI=1S/C16H28N2O.ClH/c1-16(6-3-7-16)10-18-15(19)13-8-11-4-2-5-12(9-13)14(11)17;/h11-14H,2-10,17H2,1H3,(H,18,19);1H. The number of carbonyl (C=O) groups is 1. The first-order chi connectivity index (χ1) is 9.07. The molecule has 2 atom stereocenters. The summed E-state index contributed by atoms with van der Waals surface area (Å²) in [5.41, 5.74) is 6.67. The van der Waals surface area contributed by atoms with Crippen LogP contribution in [-0.4, -0.2) is 18.5 Å². The number of amides is 1. The second-order valence-corrected chi connectivity index (χ2v) is 7.58. The Morgan fingerprint density at radius 1 is 1.20 bits per heavy atom. The maximum atomic E-state index is 12.4. The van der Waals surface area contributed by atoms with Crippen LogP contribution in [0.2, 0.25) is 0 Å². The lowest BCUT2D eigenvalue weighted by molar-refractivity contribution is -0.128. The largest absolute Gasteiger partial charge is 0.355 e. The lowest BCUT2D eigenvalue weighted by Crippen LogP contribution is -2.50. The molecule has 0 aromatic carbocycles. The minimum Gasteiger partial charge on any atom is -0.355 e. The fourth-order valence-electron chi connectivity index (χ4n) is 4.41. The number of carbonyl (C=O) groups excluding carboxylic acids is 1. The molecule has 3 rings (SSSR count). The molecule has 0 saturated heterocycles. The molecule has 4 heteroatoms. The third-order valence-electron chi connectivity index (χ3n) is 6.03. The number of halogens is 1. The predicted octanol–water partition coefficient (Wildman–Crippen LogP) is 2.87. The Kier molecular flexibility index (Phi) is 5.01. The van der Waals surface area contributed by atoms with Crippen LogP contribution in [0.25, 0.3) is 0 Å². The molecule has 0 aromatic heterocycles. The molecule has 3 saturated carbocycles. The molecule has 3 N–H and O–H groups in total. The van der Waals surface area contributed by atoms with Gasteiger partial charge in [0.25, 0.3) is 0 Å². The van der Waals surface area contributed by atoms with E-state index >= 15 is 0 Å². The molecule has 3 aliphatic carbocycles. The summed E-state index contributed by atoms with van der Waals surface area (Å²) in [6.07, 6.45) is 9.71. The van der Waals surface area contributed by atoms with E-state index in [4.69, 9.17) is 5.73 Å². The van der Waals surface area contributed by atoms with Crippen molar-refractivity contribution in [3.05, 3.63) is 0 Å². The molecule has 0 aromatic rings. The second kappa shape index (κ2) is 6.23. The number of hydrogen-bond acceptors (Lipinski definition) is 2. The number of rotatable bonds is 3. The van der Waals surface area contributed by atoms with E-state index < -0.39 is 0 Å². The topological polar surface area (TPSA) is 55.1 Å². The first-order valence-corrected chi connectivity index (χ1v) is 8.11. The summed E-state index contributed by atoms with van der Waals surface area (Å²) in [6.45, 7) is 3.17. The smallest absolute Gasteiger partial charge is 0.223 e. The number of hydrogen-bond donors (Lipinski definition) is 2. The monoisotopic (exact) mass is 300 g/mol. The zero-order chi connectivity index (χ0) is 13.5. The Morgan fingerprint density at radius 3 is 2.30 bits per heavy atom. The maximum Gasteiger partial charge on any atom is 0.223 e. The summed E-state index contributed by atoms with van der Waals surface area (Å²) < 4.78 is 0. The fourth-order valence-corrected chi connectivity index (χ4v) is 4.41. The Bertz CT molecular complexity index is 342. The van der Waals surface area contributed by atoms with Gasteiger partial charge in [0.2, 0.25) is 5.91 Å². The molecular weight excluding hydrogens is 272 g/mol. The van der Waals surface area contributed by atoms with Gasteiger partial charge in [0.1, 0.15) is 0 Å². The van der Waals surface area contributed by atoms with Gasteiger partial charge in [0, 0.05) is 18.5 Å². The first-order valence-electron chi connectivity index (χ1n) is 8.11. The molecule has 2 unspecified atom stereocenters. The van der Waals surface area contributed by atoms with Crippen molar-refractivity contribution >= 4 is 18.3 Å². The van der Waals surface area contributed by atoms with Crippen LogP contribution in [0.4, 0.5) is 0 Å². The van der Waals surface area contributed by atoms with Crippen molar-refractivity contribution in [1.29, 1.82) is 0 Å². The summed E-state index contributed by atoms with van der Waals surface area (Å²) in [7, 11) is 0. The lowest BCUT2D eigenvalue weighted by atomic mass is 9.65. The minimum absolute atomic E-state index is 0. The van der Waals surface area contributed by atoms with Crippen molar-refractivity contribution in [1.82, 2.24) is 5.32 Å². The van der Waals surface area contributed by atoms with E-state index in [0.29, 0.717) is 29.2 Å². The van der Waals surface area contributed by atoms with Crippen LogP contribution in [0.3, 0.4) is 0 Å². The van der Waals surface area contributed by atoms with E-state index in [0.717, 1.165) is 19.4 Å². The Morgan fingerprint density at radius 2 is 1.80 bits per heavy atom. The summed E-state index contributed by atoms with van der Waals surface area (Å²) >= 11 is 0. The molecule has 0 spiro atoms. The van der Waals surface area contributed by atoms with Crippen molar-refractivity contribution in [3.8, 4) is 0 Å². The first kappa shape index (κ1) is 16.1. The summed E-state index contributed by atoms with van der Waals surface area (Å²) in [5, 5.41) is 3.22. The van der Waals surface area contributed by atoms with Crippen LogP contribution in [0.1, 0.15) is 58.3 Å². The molecular formula is C16H29ClN2O. The molecule has 116 valence electrons. The van der Waals surface area contributed by atoms with Crippen molar-refractivity contribution in [2.24, 2.45) is 28.9 Å². The number of nitrogens with one attached hydrogen (secondary N) is 1. The highest BCUT2D eigenvalue weighted by atomic mass is 35.5. The highest BCUT2D eigenvalue weighted by Crippen LogP contribution is 2.42. The molecule has 2 bridgehead atoms. The molecule has 0 radical (unpaired) electrons. The molecule has 0 aliphatic heterocycles. The molecule has 3 aliphatic rings. The fraction of sp³-hybridized carbons (Fsp3) is 0.938. The van der Waals surface area contributed by atoms with Gasteiger partial charge in [-0.1, -0.05) is 19.8 Å². The average molecular weight is 301 g/mol. The third kappa shape index (κ3) is 3.14. The van der Waals surface area contributed by atoms with Gasteiger partial charge < -0.3 is 11.1 Å².